The molecule has 0 aliphatic heterocycles. The maximum atomic E-state index is 14.2. The van der Waals surface area contributed by atoms with Gasteiger partial charge in [-0.1, -0.05) is 98.8 Å². The number of halogens is 3. The predicted molar refractivity (Wildman–Crippen MR) is 194 cm³/mol. The van der Waals surface area contributed by atoms with Gasteiger partial charge in [0.15, 0.2) is 5.96 Å². The molecule has 3 atom stereocenters. The summed E-state index contributed by atoms with van der Waals surface area (Å²) in [6, 6.07) is 19.0. The Morgan fingerprint density at radius 3 is 2.02 bits per heavy atom. The number of amides is 2. The average molecular weight is 742 g/mol. The summed E-state index contributed by atoms with van der Waals surface area (Å²) in [5.41, 5.74) is 18.7. The monoisotopic (exact) mass is 741 g/mol. The van der Waals surface area contributed by atoms with E-state index in [-0.39, 0.29) is 36.6 Å². The fourth-order valence-corrected chi connectivity index (χ4v) is 6.14. The minimum absolute atomic E-state index is 0.0390. The second kappa shape index (κ2) is 19.8. The van der Waals surface area contributed by atoms with E-state index < -0.39 is 42.0 Å². The lowest BCUT2D eigenvalue weighted by molar-refractivity contribution is -0.192. The average Bonchev–Trinajstić information content (AvgIpc) is 3.11. The number of guanidine groups is 1. The molecule has 2 amide bonds. The molecule has 1 fully saturated rings. The number of nitrogens with zero attached hydrogens (tertiary/aromatic N) is 1. The number of nitrogens with one attached hydrogen (secondary N) is 3. The van der Waals surface area contributed by atoms with Crippen LogP contribution >= 0.6 is 0 Å². The Hall–Kier alpha value is -5.67. The maximum absolute atomic E-state index is 14.2. The molecule has 11 N–H and O–H groups in total. The van der Waals surface area contributed by atoms with Gasteiger partial charge in [-0.05, 0) is 53.5 Å². The van der Waals surface area contributed by atoms with Crippen molar-refractivity contribution >= 4 is 46.3 Å². The molecule has 0 saturated heterocycles. The van der Waals surface area contributed by atoms with Crippen LogP contribution in [-0.4, -0.2) is 70.6 Å². The first-order valence-corrected chi connectivity index (χ1v) is 17.2. The first-order chi connectivity index (χ1) is 25.0. The highest BCUT2D eigenvalue weighted by atomic mass is 19.4. The molecule has 0 bridgehead atoms. The minimum atomic E-state index is -5.08. The molecule has 13 nitrogen and oxygen atoms in total. The van der Waals surface area contributed by atoms with Crippen molar-refractivity contribution in [1.82, 2.24) is 10.6 Å². The van der Waals surface area contributed by atoms with Crippen LogP contribution in [0.4, 0.5) is 13.2 Å². The molecule has 1 unspecified atom stereocenters. The summed E-state index contributed by atoms with van der Waals surface area (Å²) in [6.07, 6.45) is 1.37. The number of alkyl halides is 3. The van der Waals surface area contributed by atoms with E-state index >= 15 is 0 Å². The number of fused-ring (bicyclic) bond motifs is 1. The van der Waals surface area contributed by atoms with Crippen LogP contribution in [0.3, 0.4) is 0 Å². The zero-order valence-corrected chi connectivity index (χ0v) is 29.1. The van der Waals surface area contributed by atoms with E-state index in [0.29, 0.717) is 24.8 Å². The number of carboxylic acids is 2. The molecule has 0 spiro atoms. The highest BCUT2D eigenvalue weighted by molar-refractivity contribution is 5.95. The van der Waals surface area contributed by atoms with E-state index in [9.17, 15) is 32.7 Å². The molecule has 0 aromatic heterocycles. The number of aliphatic carboxylic acids is 2. The van der Waals surface area contributed by atoms with Crippen LogP contribution in [0.15, 0.2) is 71.7 Å². The number of carbonyl (C=O) groups is 4. The summed E-state index contributed by atoms with van der Waals surface area (Å²) < 4.78 is 31.7. The zero-order valence-electron chi connectivity index (χ0n) is 29.1. The third kappa shape index (κ3) is 13.8. The van der Waals surface area contributed by atoms with Crippen LogP contribution in [0.2, 0.25) is 0 Å². The lowest BCUT2D eigenvalue weighted by Gasteiger charge is -2.29. The van der Waals surface area contributed by atoms with Gasteiger partial charge in [0.2, 0.25) is 11.8 Å². The molecule has 16 heteroatoms. The largest absolute Gasteiger partial charge is 0.490 e. The number of nitrogens with two attached hydrogens (primary N) is 3. The molecule has 3 aromatic rings. The Labute approximate surface area is 304 Å². The topological polar surface area (TPSA) is 247 Å². The normalized spacial score (nSPS) is 14.8. The molecule has 3 aromatic carbocycles. The number of rotatable bonds is 15. The minimum Gasteiger partial charge on any atom is -0.480 e. The number of hydrogen-bond donors (Lipinski definition) is 8. The third-order valence-corrected chi connectivity index (χ3v) is 8.93. The van der Waals surface area contributed by atoms with Crippen LogP contribution in [0.1, 0.15) is 74.0 Å². The summed E-state index contributed by atoms with van der Waals surface area (Å²) in [4.78, 5) is 52.8. The molecule has 1 saturated carbocycles. The second-order valence-electron chi connectivity index (χ2n) is 12.9. The number of aliphatic imine (C=N–C) groups is 1. The van der Waals surface area contributed by atoms with E-state index in [4.69, 9.17) is 32.5 Å². The van der Waals surface area contributed by atoms with E-state index in [1.54, 1.807) is 12.1 Å². The number of nitrogen functional groups attached to an aromatic ring is 1. The standard InChI is InChI=1S/C35H45N7O4.C2HF3O2/c36-31(37)25-14-12-23(13-15-25)19-28(27-17-16-24-9-4-5-10-26(24)21-27)32(43)42-30(20-22-7-2-1-3-8-22)33(44)41-29(34(45)46)11-6-18-40-35(38)39;3-2(4,5)1(6)7/h4-5,9-10,12-17,21-22,28-30H,1-3,6-8,11,18-20H2,(H3,36,37)(H,41,44)(H,42,43)(H,45,46)(H4,38,39,40);(H,6,7)/t28?,29-,30-;/m0./s1. The molecule has 53 heavy (non-hydrogen) atoms. The van der Waals surface area contributed by atoms with E-state index in [1.807, 2.05) is 54.6 Å². The van der Waals surface area contributed by atoms with Crippen LogP contribution in [0, 0.1) is 11.3 Å². The van der Waals surface area contributed by atoms with Gasteiger partial charge in [0.25, 0.3) is 0 Å². The molecule has 0 heterocycles. The third-order valence-electron chi connectivity index (χ3n) is 8.93. The number of benzene rings is 3. The molecular weight excluding hydrogens is 695 g/mol. The second-order valence-corrected chi connectivity index (χ2v) is 12.9. The highest BCUT2D eigenvalue weighted by Gasteiger charge is 2.38. The number of amidine groups is 1. The highest BCUT2D eigenvalue weighted by Crippen LogP contribution is 2.29. The smallest absolute Gasteiger partial charge is 0.480 e. The lowest BCUT2D eigenvalue weighted by atomic mass is 9.84. The Morgan fingerprint density at radius 2 is 1.45 bits per heavy atom. The SMILES string of the molecule is N=C(N)c1ccc(CC(C(=O)N[C@@H](CC2CCCCC2)C(=O)N[C@@H](CCCN=C(N)N)C(=O)O)c2ccc3ccccc3c2)cc1.O=C(O)C(F)(F)F. The Balaban J connectivity index is 0.000000980. The maximum Gasteiger partial charge on any atom is 0.490 e. The van der Waals surface area contributed by atoms with Crippen LogP contribution in [-0.2, 0) is 25.6 Å². The van der Waals surface area contributed by atoms with E-state index in [1.165, 1.54) is 0 Å². The fraction of sp³-hybridized carbons (Fsp3) is 0.405. The summed E-state index contributed by atoms with van der Waals surface area (Å²) in [5, 5.41) is 32.4. The van der Waals surface area contributed by atoms with Gasteiger partial charge in [0.05, 0.1) is 5.92 Å². The van der Waals surface area contributed by atoms with Crippen molar-refractivity contribution in [3.63, 3.8) is 0 Å². The van der Waals surface area contributed by atoms with Gasteiger partial charge in [-0.3, -0.25) is 20.0 Å². The Kier molecular flexibility index (Phi) is 15.6. The van der Waals surface area contributed by atoms with Gasteiger partial charge in [-0.25, -0.2) is 9.59 Å². The summed E-state index contributed by atoms with van der Waals surface area (Å²) in [7, 11) is 0. The number of carbonyl (C=O) groups excluding carboxylic acids is 2. The molecule has 1 aliphatic carbocycles. The Bertz CT molecular complexity index is 1760. The first-order valence-electron chi connectivity index (χ1n) is 17.2. The molecular formula is C37H46F3N7O6. The van der Waals surface area contributed by atoms with Crippen molar-refractivity contribution in [2.24, 2.45) is 28.1 Å². The van der Waals surface area contributed by atoms with Crippen LogP contribution < -0.4 is 27.8 Å². The van der Waals surface area contributed by atoms with Crippen molar-refractivity contribution in [1.29, 1.82) is 5.41 Å². The van der Waals surface area contributed by atoms with E-state index in [0.717, 1.165) is 54.0 Å². The number of hydrogen-bond acceptors (Lipinski definition) is 6. The van der Waals surface area contributed by atoms with Gasteiger partial charge in [-0.15, -0.1) is 0 Å². The fourth-order valence-electron chi connectivity index (χ4n) is 6.14. The van der Waals surface area contributed by atoms with Crippen molar-refractivity contribution in [3.8, 4) is 0 Å². The lowest BCUT2D eigenvalue weighted by Crippen LogP contribution is -2.53. The molecule has 0 radical (unpaired) electrons. The van der Waals surface area contributed by atoms with Gasteiger partial charge in [0.1, 0.15) is 17.9 Å². The number of carboxylic acid groups (broad SMARTS) is 2. The van der Waals surface area contributed by atoms with Crippen molar-refractivity contribution in [2.45, 2.75) is 82.0 Å². The van der Waals surface area contributed by atoms with E-state index in [2.05, 4.69) is 15.6 Å². The van der Waals surface area contributed by atoms with Crippen molar-refractivity contribution in [3.05, 3.63) is 83.4 Å². The van der Waals surface area contributed by atoms with Gasteiger partial charge in [-0.2, -0.15) is 13.2 Å². The molecule has 286 valence electrons. The van der Waals surface area contributed by atoms with Crippen molar-refractivity contribution < 1.29 is 42.6 Å². The zero-order chi connectivity index (χ0) is 39.1. The quantitative estimate of drug-likeness (QED) is 0.0632. The van der Waals surface area contributed by atoms with Crippen LogP contribution in [0.25, 0.3) is 10.8 Å². The first kappa shape index (κ1) is 41.7. The van der Waals surface area contributed by atoms with Crippen molar-refractivity contribution in [2.75, 3.05) is 6.54 Å². The van der Waals surface area contributed by atoms with Gasteiger partial charge < -0.3 is 38.0 Å². The molecule has 4 rings (SSSR count). The summed E-state index contributed by atoms with van der Waals surface area (Å²) in [6.45, 7) is 0.241. The molecule has 1 aliphatic rings. The summed E-state index contributed by atoms with van der Waals surface area (Å²) >= 11 is 0. The predicted octanol–water partition coefficient (Wildman–Crippen LogP) is 4.16. The van der Waals surface area contributed by atoms with Gasteiger partial charge in [0, 0.05) is 12.1 Å². The van der Waals surface area contributed by atoms with Gasteiger partial charge >= 0.3 is 18.1 Å². The Morgan fingerprint density at radius 1 is 0.849 bits per heavy atom. The summed E-state index contributed by atoms with van der Waals surface area (Å²) in [5.74, 6) is -5.27. The van der Waals surface area contributed by atoms with Crippen LogP contribution in [0.5, 0.6) is 0 Å².